The van der Waals surface area contributed by atoms with Crippen molar-refractivity contribution in [3.63, 3.8) is 0 Å². The minimum atomic E-state index is -0.212. The van der Waals surface area contributed by atoms with Crippen LogP contribution in [-0.2, 0) is 9.47 Å². The lowest BCUT2D eigenvalue weighted by molar-refractivity contribution is -0.119. The zero-order valence-corrected chi connectivity index (χ0v) is 39.6. The Kier molecular flexibility index (Phi) is 39.7. The zero-order chi connectivity index (χ0) is 43.5. The first-order valence-electron chi connectivity index (χ1n) is 21.7. The first-order valence-corrected chi connectivity index (χ1v) is 21.7. The predicted octanol–water partition coefficient (Wildman–Crippen LogP) is 16.4. The van der Waals surface area contributed by atoms with E-state index >= 15 is 0 Å². The Bertz CT molecular complexity index is 1020. The largest absolute Gasteiger partial charge is 0.492 e. The van der Waals surface area contributed by atoms with Crippen LogP contribution < -0.4 is 0 Å². The average molecular weight is 757 g/mol. The highest BCUT2D eigenvalue weighted by atomic mass is 16.6. The van der Waals surface area contributed by atoms with E-state index in [2.05, 4.69) is 139 Å². The molecular weight excluding hydrogens is 661 g/mol. The van der Waals surface area contributed by atoms with Crippen LogP contribution in [0.25, 0.3) is 0 Å². The van der Waals surface area contributed by atoms with Crippen molar-refractivity contribution in [1.82, 2.24) is 0 Å². The van der Waals surface area contributed by atoms with Gasteiger partial charge in [0.1, 0.15) is 16.8 Å². The molecule has 2 aliphatic heterocycles. The molecule has 0 amide bonds. The Balaban J connectivity index is -0.000000190. The van der Waals surface area contributed by atoms with Gasteiger partial charge in [0.15, 0.2) is 0 Å². The average Bonchev–Trinajstić information content (AvgIpc) is 3.79. The van der Waals surface area contributed by atoms with Crippen molar-refractivity contribution >= 4 is 0 Å². The van der Waals surface area contributed by atoms with Gasteiger partial charge in [0.2, 0.25) is 0 Å². The number of allylic oxidation sites excluding steroid dienone is 7. The van der Waals surface area contributed by atoms with Gasteiger partial charge in [-0.1, -0.05) is 140 Å². The van der Waals surface area contributed by atoms with Gasteiger partial charge in [0, 0.05) is 30.6 Å². The minimum absolute atomic E-state index is 0.0328. The molecule has 0 radical (unpaired) electrons. The Labute approximate surface area is 341 Å². The van der Waals surface area contributed by atoms with Gasteiger partial charge in [0.05, 0.1) is 11.9 Å². The van der Waals surface area contributed by atoms with Crippen molar-refractivity contribution in [2.24, 2.45) is 16.7 Å². The number of hydrogen-bond acceptors (Lipinski definition) is 3. The molecule has 3 heteroatoms. The standard InChI is InChI=1S/C14H24O.C13H22O2.2C5H10.C4H8.C4H6.2C2H6.C2H4/c1-5-11-7-8-12-13(2,3)9-6-10-14(12,4)15-11;1-5-6-7-13-11(2,3)8-10(14)9-12(13,4)15-13;2*1-3-5-4-2;2*1-3-4-2;3*1-2/h7,12H,5-6,8-10H2,1-4H3;6-7,10,14H,5,8-9H2,1-4H3;3,5H,4H2,1-2H3;3H,1,4-5H2,2H3;3H,1,4H2,2H3;1H,4H2,2H3;2*1-2H3;1-2H2/b;7-6+;5-3+;;;;;;. The normalized spacial score (nSPS) is 26.9. The fourth-order valence-electron chi connectivity index (χ4n) is 7.37. The van der Waals surface area contributed by atoms with Crippen LogP contribution in [-0.4, -0.2) is 28.0 Å². The van der Waals surface area contributed by atoms with Gasteiger partial charge in [-0.05, 0) is 90.0 Å². The maximum Gasteiger partial charge on any atom is 0.121 e. The van der Waals surface area contributed by atoms with Crippen LogP contribution in [0.3, 0.4) is 0 Å². The summed E-state index contributed by atoms with van der Waals surface area (Å²) in [4.78, 5) is 0. The lowest BCUT2D eigenvalue weighted by atomic mass is 9.60. The molecule has 3 nitrogen and oxygen atoms in total. The molecule has 2 aliphatic carbocycles. The Morgan fingerprint density at radius 1 is 0.852 bits per heavy atom. The van der Waals surface area contributed by atoms with Gasteiger partial charge in [0.25, 0.3) is 0 Å². The number of ether oxygens (including phenoxy) is 2. The van der Waals surface area contributed by atoms with Crippen LogP contribution in [0.2, 0.25) is 0 Å². The van der Waals surface area contributed by atoms with E-state index in [1.54, 1.807) is 0 Å². The van der Waals surface area contributed by atoms with Crippen LogP contribution in [0.5, 0.6) is 0 Å². The predicted molar refractivity (Wildman–Crippen MR) is 248 cm³/mol. The number of hydrogen-bond donors (Lipinski definition) is 1. The zero-order valence-electron chi connectivity index (χ0n) is 39.6. The molecule has 0 aromatic heterocycles. The summed E-state index contributed by atoms with van der Waals surface area (Å²) in [6.07, 6.45) is 33.6. The van der Waals surface area contributed by atoms with Crippen molar-refractivity contribution in [3.05, 3.63) is 74.6 Å². The number of aliphatic hydroxyl groups excluding tert-OH is 1. The summed E-state index contributed by atoms with van der Waals surface area (Å²) < 4.78 is 12.2. The molecule has 5 atom stereocenters. The van der Waals surface area contributed by atoms with Crippen LogP contribution in [0, 0.1) is 29.1 Å². The molecule has 1 N–H and O–H groups in total. The summed E-state index contributed by atoms with van der Waals surface area (Å²) in [5.74, 6) is 4.35. The molecule has 5 unspecified atom stereocenters. The lowest BCUT2D eigenvalue weighted by Crippen LogP contribution is -2.50. The van der Waals surface area contributed by atoms with Crippen molar-refractivity contribution in [1.29, 1.82) is 0 Å². The second-order valence-electron chi connectivity index (χ2n) is 15.2. The van der Waals surface area contributed by atoms with E-state index in [1.165, 1.54) is 37.9 Å². The number of rotatable bonds is 7. The molecule has 318 valence electrons. The van der Waals surface area contributed by atoms with Gasteiger partial charge in [-0.3, -0.25) is 0 Å². The highest BCUT2D eigenvalue weighted by Crippen LogP contribution is 2.66. The summed E-state index contributed by atoms with van der Waals surface area (Å²) >= 11 is 0. The highest BCUT2D eigenvalue weighted by molar-refractivity contribution is 5.32. The molecule has 2 heterocycles. The first kappa shape index (κ1) is 61.0. The Hall–Kier alpha value is -2.28. The summed E-state index contributed by atoms with van der Waals surface area (Å²) in [6.45, 7) is 49.3. The molecular formula is C51H96O3. The Morgan fingerprint density at radius 2 is 1.37 bits per heavy atom. The molecule has 4 aliphatic rings. The van der Waals surface area contributed by atoms with E-state index in [4.69, 9.17) is 15.9 Å². The highest BCUT2D eigenvalue weighted by Gasteiger charge is 2.74. The van der Waals surface area contributed by atoms with Crippen LogP contribution in [0.1, 0.15) is 201 Å². The van der Waals surface area contributed by atoms with Crippen molar-refractivity contribution in [2.45, 2.75) is 224 Å². The SMILES string of the molecule is C#CCC.C/C=C/CC.C=C.C=CCC.C=CCCC.CC.CC.CC/C=C/C12OC1(C)CC(O)CC2(C)C.CCC1=CCC2C(C)(C)CCCC2(C)O1. The number of aliphatic hydroxyl groups is 1. The van der Waals surface area contributed by atoms with Crippen LogP contribution >= 0.6 is 0 Å². The molecule has 2 saturated carbocycles. The van der Waals surface area contributed by atoms with E-state index in [0.29, 0.717) is 11.3 Å². The second-order valence-corrected chi connectivity index (χ2v) is 15.2. The van der Waals surface area contributed by atoms with E-state index < -0.39 is 0 Å². The molecule has 4 rings (SSSR count). The number of unbranched alkanes of at least 4 members (excludes halogenated alkanes) is 1. The molecule has 1 saturated heterocycles. The lowest BCUT2D eigenvalue weighted by Gasteiger charge is -2.52. The van der Waals surface area contributed by atoms with Gasteiger partial charge in [-0.2, -0.15) is 0 Å². The van der Waals surface area contributed by atoms with Gasteiger partial charge in [-0.15, -0.1) is 38.7 Å². The summed E-state index contributed by atoms with van der Waals surface area (Å²) in [5.41, 5.74) is 0.324. The molecule has 0 bridgehead atoms. The quantitative estimate of drug-likeness (QED) is 0.160. The molecule has 54 heavy (non-hydrogen) atoms. The molecule has 0 aromatic rings. The third-order valence-corrected chi connectivity index (χ3v) is 10.0. The monoisotopic (exact) mass is 757 g/mol. The fraction of sp³-hybridized carbons (Fsp3) is 0.725. The van der Waals surface area contributed by atoms with Crippen molar-refractivity contribution < 1.29 is 14.6 Å². The number of epoxide rings is 1. The summed E-state index contributed by atoms with van der Waals surface area (Å²) in [5, 5.41) is 9.84. The minimum Gasteiger partial charge on any atom is -0.492 e. The van der Waals surface area contributed by atoms with Crippen molar-refractivity contribution in [3.8, 4) is 12.3 Å². The summed E-state index contributed by atoms with van der Waals surface area (Å²) in [7, 11) is 0. The topological polar surface area (TPSA) is 42.0 Å². The van der Waals surface area contributed by atoms with Gasteiger partial charge < -0.3 is 14.6 Å². The number of fused-ring (bicyclic) bond motifs is 2. The Morgan fingerprint density at radius 3 is 1.70 bits per heavy atom. The number of terminal acetylenes is 1. The third-order valence-electron chi connectivity index (χ3n) is 10.0. The van der Waals surface area contributed by atoms with E-state index in [0.717, 1.165) is 51.4 Å². The van der Waals surface area contributed by atoms with Crippen LogP contribution in [0.15, 0.2) is 74.6 Å². The maximum absolute atomic E-state index is 9.84. The van der Waals surface area contributed by atoms with Crippen LogP contribution in [0.4, 0.5) is 0 Å². The first-order chi connectivity index (χ1) is 25.5. The van der Waals surface area contributed by atoms with Gasteiger partial charge in [-0.25, -0.2) is 0 Å². The van der Waals surface area contributed by atoms with E-state index in [-0.39, 0.29) is 28.3 Å². The van der Waals surface area contributed by atoms with E-state index in [9.17, 15) is 5.11 Å². The van der Waals surface area contributed by atoms with E-state index in [1.807, 2.05) is 53.7 Å². The third kappa shape index (κ3) is 22.3. The van der Waals surface area contributed by atoms with Gasteiger partial charge >= 0.3 is 0 Å². The smallest absolute Gasteiger partial charge is 0.121 e. The maximum atomic E-state index is 9.84. The second kappa shape index (κ2) is 35.2. The molecule has 3 fully saturated rings. The fourth-order valence-corrected chi connectivity index (χ4v) is 7.37. The molecule has 0 aromatic carbocycles. The summed E-state index contributed by atoms with van der Waals surface area (Å²) in [6, 6.07) is 0. The molecule has 0 spiro atoms. The van der Waals surface area contributed by atoms with Crippen molar-refractivity contribution in [2.75, 3.05) is 0 Å².